The molecule has 2 rings (SSSR count). The van der Waals surface area contributed by atoms with E-state index in [2.05, 4.69) is 41.6 Å². The molecule has 1 saturated heterocycles. The van der Waals surface area contributed by atoms with E-state index in [1.807, 2.05) is 6.07 Å². The minimum absolute atomic E-state index is 0.0117. The second kappa shape index (κ2) is 5.07. The Labute approximate surface area is 106 Å². The maximum absolute atomic E-state index is 11.9. The Morgan fingerprint density at radius 3 is 2.89 bits per heavy atom. The van der Waals surface area contributed by atoms with Gasteiger partial charge in [0.1, 0.15) is 6.04 Å². The molecule has 0 spiro atoms. The lowest BCUT2D eigenvalue weighted by atomic mass is 9.92. The molecule has 1 aliphatic rings. The van der Waals surface area contributed by atoms with Crippen LogP contribution in [0.2, 0.25) is 0 Å². The third-order valence-electron chi connectivity index (χ3n) is 2.88. The van der Waals surface area contributed by atoms with Crippen molar-refractivity contribution < 1.29 is 9.53 Å². The van der Waals surface area contributed by atoms with Crippen molar-refractivity contribution in [3.05, 3.63) is 11.8 Å². The fourth-order valence-corrected chi connectivity index (χ4v) is 1.72. The first kappa shape index (κ1) is 13.0. The molecule has 1 amide bonds. The summed E-state index contributed by atoms with van der Waals surface area (Å²) in [6.45, 7) is 8.02. The molecule has 3 N–H and O–H groups in total. The molecular weight excluding hydrogens is 232 g/mol. The molecule has 0 aliphatic carbocycles. The summed E-state index contributed by atoms with van der Waals surface area (Å²) in [4.78, 5) is 11.9. The SMILES string of the molecule is CC(C)(C)c1cc(NC(=O)C2COCCN2)n[nH]1. The van der Waals surface area contributed by atoms with Gasteiger partial charge in [-0.3, -0.25) is 9.89 Å². The number of aromatic nitrogens is 2. The monoisotopic (exact) mass is 252 g/mol. The molecule has 2 heterocycles. The van der Waals surface area contributed by atoms with E-state index in [1.165, 1.54) is 0 Å². The van der Waals surface area contributed by atoms with Gasteiger partial charge in [0.15, 0.2) is 5.82 Å². The summed E-state index contributed by atoms with van der Waals surface area (Å²) in [5.41, 5.74) is 0.980. The van der Waals surface area contributed by atoms with Gasteiger partial charge in [0.05, 0.1) is 13.2 Å². The molecule has 0 saturated carbocycles. The maximum atomic E-state index is 11.9. The lowest BCUT2D eigenvalue weighted by Crippen LogP contribution is -2.48. The maximum Gasteiger partial charge on any atom is 0.245 e. The van der Waals surface area contributed by atoms with Crippen molar-refractivity contribution in [1.82, 2.24) is 15.5 Å². The number of nitrogens with zero attached hydrogens (tertiary/aromatic N) is 1. The van der Waals surface area contributed by atoms with Crippen molar-refractivity contribution in [2.24, 2.45) is 0 Å². The molecular formula is C12H20N4O2. The number of rotatable bonds is 2. The van der Waals surface area contributed by atoms with Crippen molar-refractivity contribution in [3.63, 3.8) is 0 Å². The fraction of sp³-hybridized carbons (Fsp3) is 0.667. The van der Waals surface area contributed by atoms with Crippen molar-refractivity contribution in [2.75, 3.05) is 25.1 Å². The Balaban J connectivity index is 1.96. The highest BCUT2D eigenvalue weighted by molar-refractivity contribution is 5.94. The number of hydrogen-bond donors (Lipinski definition) is 3. The lowest BCUT2D eigenvalue weighted by molar-refractivity contribution is -0.120. The van der Waals surface area contributed by atoms with E-state index in [0.29, 0.717) is 25.6 Å². The number of hydrogen-bond acceptors (Lipinski definition) is 4. The molecule has 6 nitrogen and oxygen atoms in total. The van der Waals surface area contributed by atoms with Crippen LogP contribution in [0.15, 0.2) is 6.07 Å². The summed E-state index contributed by atoms with van der Waals surface area (Å²) in [7, 11) is 0. The fourth-order valence-electron chi connectivity index (χ4n) is 1.72. The standard InChI is InChI=1S/C12H20N4O2/c1-12(2,3)9-6-10(16-15-9)14-11(17)8-7-18-5-4-13-8/h6,8,13H,4-5,7H2,1-3H3,(H2,14,15,16,17). The van der Waals surface area contributed by atoms with Crippen LogP contribution in [0.5, 0.6) is 0 Å². The zero-order chi connectivity index (χ0) is 13.2. The normalized spacial score (nSPS) is 20.7. The van der Waals surface area contributed by atoms with Crippen LogP contribution in [-0.2, 0) is 14.9 Å². The molecule has 1 aromatic heterocycles. The number of morpholine rings is 1. The van der Waals surface area contributed by atoms with Gasteiger partial charge in [-0.2, -0.15) is 5.10 Å². The summed E-state index contributed by atoms with van der Waals surface area (Å²) in [5.74, 6) is 0.443. The average molecular weight is 252 g/mol. The van der Waals surface area contributed by atoms with Gasteiger partial charge in [-0.1, -0.05) is 20.8 Å². The van der Waals surface area contributed by atoms with E-state index in [0.717, 1.165) is 5.69 Å². The number of ether oxygens (including phenoxy) is 1. The van der Waals surface area contributed by atoms with Crippen LogP contribution < -0.4 is 10.6 Å². The van der Waals surface area contributed by atoms with Gasteiger partial charge in [0.25, 0.3) is 0 Å². The van der Waals surface area contributed by atoms with Gasteiger partial charge in [-0.25, -0.2) is 0 Å². The highest BCUT2D eigenvalue weighted by Crippen LogP contribution is 2.21. The second-order valence-corrected chi connectivity index (χ2v) is 5.49. The van der Waals surface area contributed by atoms with E-state index in [9.17, 15) is 4.79 Å². The van der Waals surface area contributed by atoms with E-state index in [1.54, 1.807) is 0 Å². The summed E-state index contributed by atoms with van der Waals surface area (Å²) in [5, 5.41) is 12.9. The van der Waals surface area contributed by atoms with Crippen LogP contribution >= 0.6 is 0 Å². The molecule has 1 aromatic rings. The van der Waals surface area contributed by atoms with Crippen molar-refractivity contribution in [3.8, 4) is 0 Å². The zero-order valence-corrected chi connectivity index (χ0v) is 11.0. The Morgan fingerprint density at radius 1 is 1.56 bits per heavy atom. The first-order valence-corrected chi connectivity index (χ1v) is 6.15. The first-order chi connectivity index (χ1) is 8.47. The number of amides is 1. The summed E-state index contributed by atoms with van der Waals surface area (Å²) >= 11 is 0. The third kappa shape index (κ3) is 3.08. The molecule has 0 radical (unpaired) electrons. The van der Waals surface area contributed by atoms with Gasteiger partial charge in [-0.05, 0) is 0 Å². The third-order valence-corrected chi connectivity index (χ3v) is 2.88. The molecule has 18 heavy (non-hydrogen) atoms. The van der Waals surface area contributed by atoms with Crippen molar-refractivity contribution in [1.29, 1.82) is 0 Å². The number of H-pyrrole nitrogens is 1. The number of aromatic amines is 1. The molecule has 100 valence electrons. The van der Waals surface area contributed by atoms with Crippen LogP contribution in [0.3, 0.4) is 0 Å². The topological polar surface area (TPSA) is 79.0 Å². The quantitative estimate of drug-likeness (QED) is 0.721. The number of nitrogens with one attached hydrogen (secondary N) is 3. The van der Waals surface area contributed by atoms with Crippen LogP contribution in [0.1, 0.15) is 26.5 Å². The van der Waals surface area contributed by atoms with Crippen LogP contribution in [0.4, 0.5) is 5.82 Å². The minimum atomic E-state index is -0.298. The van der Waals surface area contributed by atoms with E-state index in [4.69, 9.17) is 4.74 Å². The van der Waals surface area contributed by atoms with Gasteiger partial charge < -0.3 is 15.4 Å². The van der Waals surface area contributed by atoms with Gasteiger partial charge >= 0.3 is 0 Å². The number of carbonyl (C=O) groups is 1. The van der Waals surface area contributed by atoms with Crippen molar-refractivity contribution >= 4 is 11.7 Å². The van der Waals surface area contributed by atoms with Gasteiger partial charge in [0.2, 0.25) is 5.91 Å². The summed E-state index contributed by atoms with van der Waals surface area (Å²) in [6.07, 6.45) is 0. The molecule has 1 aliphatic heterocycles. The predicted octanol–water partition coefficient (Wildman–Crippen LogP) is 0.634. The predicted molar refractivity (Wildman–Crippen MR) is 68.5 cm³/mol. The van der Waals surface area contributed by atoms with Crippen LogP contribution in [-0.4, -0.2) is 41.9 Å². The highest BCUT2D eigenvalue weighted by Gasteiger charge is 2.23. The van der Waals surface area contributed by atoms with Gasteiger partial charge in [0, 0.05) is 23.7 Å². The molecule has 6 heteroatoms. The zero-order valence-electron chi connectivity index (χ0n) is 11.0. The van der Waals surface area contributed by atoms with E-state index >= 15 is 0 Å². The van der Waals surface area contributed by atoms with Crippen LogP contribution in [0, 0.1) is 0 Å². The molecule has 1 atom stereocenters. The Kier molecular flexibility index (Phi) is 3.68. The molecule has 0 bridgehead atoms. The first-order valence-electron chi connectivity index (χ1n) is 6.15. The summed E-state index contributed by atoms with van der Waals surface area (Å²) < 4.78 is 5.25. The lowest BCUT2D eigenvalue weighted by Gasteiger charge is -2.22. The van der Waals surface area contributed by atoms with E-state index < -0.39 is 0 Å². The number of carbonyl (C=O) groups excluding carboxylic acids is 1. The smallest absolute Gasteiger partial charge is 0.245 e. The molecule has 1 fully saturated rings. The van der Waals surface area contributed by atoms with Crippen molar-refractivity contribution in [2.45, 2.75) is 32.2 Å². The van der Waals surface area contributed by atoms with Gasteiger partial charge in [-0.15, -0.1) is 0 Å². The highest BCUT2D eigenvalue weighted by atomic mass is 16.5. The van der Waals surface area contributed by atoms with E-state index in [-0.39, 0.29) is 17.4 Å². The van der Waals surface area contributed by atoms with Crippen LogP contribution in [0.25, 0.3) is 0 Å². The summed E-state index contributed by atoms with van der Waals surface area (Å²) in [6, 6.07) is 1.57. The molecule has 1 unspecified atom stereocenters. The second-order valence-electron chi connectivity index (χ2n) is 5.49. The average Bonchev–Trinajstić information content (AvgIpc) is 2.78. The number of anilines is 1. The Morgan fingerprint density at radius 2 is 2.33 bits per heavy atom. The Bertz CT molecular complexity index is 416. The Hall–Kier alpha value is -1.40. The largest absolute Gasteiger partial charge is 0.378 e. The molecule has 0 aromatic carbocycles. The minimum Gasteiger partial charge on any atom is -0.378 e.